The maximum Gasteiger partial charge on any atom is 0.167 e. The van der Waals surface area contributed by atoms with Gasteiger partial charge in [0, 0.05) is 11.1 Å². The van der Waals surface area contributed by atoms with E-state index in [4.69, 9.17) is 9.47 Å². The Hall–Kier alpha value is -3.99. The van der Waals surface area contributed by atoms with Crippen molar-refractivity contribution in [2.75, 3.05) is 13.7 Å². The molecule has 172 valence electrons. The van der Waals surface area contributed by atoms with E-state index in [9.17, 15) is 13.2 Å². The molecule has 0 aromatic heterocycles. The standard InChI is InChI=1S/C29H23F3O2/c1-3-34-27-17-8-20(18-26(27)30)5-4-19-6-9-21(10-7-19)24-15-16-25(29(32)28(24)31)22-11-13-23(33-2)14-12-22/h4-18H,3H2,1-2H3/b5-4+. The van der Waals surface area contributed by atoms with Crippen molar-refractivity contribution in [3.05, 3.63) is 107 Å². The van der Waals surface area contributed by atoms with Gasteiger partial charge in [-0.2, -0.15) is 0 Å². The van der Waals surface area contributed by atoms with E-state index in [1.165, 1.54) is 6.07 Å². The minimum atomic E-state index is -0.901. The highest BCUT2D eigenvalue weighted by molar-refractivity contribution is 5.75. The van der Waals surface area contributed by atoms with Crippen LogP contribution in [0.2, 0.25) is 0 Å². The molecule has 0 saturated heterocycles. The molecular weight excluding hydrogens is 437 g/mol. The predicted octanol–water partition coefficient (Wildman–Crippen LogP) is 8.02. The summed E-state index contributed by atoms with van der Waals surface area (Å²) < 4.78 is 54.1. The smallest absolute Gasteiger partial charge is 0.167 e. The van der Waals surface area contributed by atoms with Gasteiger partial charge in [0.2, 0.25) is 0 Å². The maximum absolute atomic E-state index is 14.9. The van der Waals surface area contributed by atoms with Crippen molar-refractivity contribution >= 4 is 12.2 Å². The van der Waals surface area contributed by atoms with Gasteiger partial charge in [-0.3, -0.25) is 0 Å². The maximum atomic E-state index is 14.9. The summed E-state index contributed by atoms with van der Waals surface area (Å²) in [6, 6.07) is 21.7. The minimum absolute atomic E-state index is 0.180. The first-order chi connectivity index (χ1) is 16.5. The molecule has 0 heterocycles. The van der Waals surface area contributed by atoms with Gasteiger partial charge in [-0.1, -0.05) is 66.7 Å². The van der Waals surface area contributed by atoms with Crippen LogP contribution in [0, 0.1) is 17.5 Å². The van der Waals surface area contributed by atoms with Crippen molar-refractivity contribution in [3.8, 4) is 33.8 Å². The van der Waals surface area contributed by atoms with Gasteiger partial charge in [0.25, 0.3) is 0 Å². The van der Waals surface area contributed by atoms with Crippen LogP contribution >= 0.6 is 0 Å². The molecule has 0 radical (unpaired) electrons. The third-order valence-electron chi connectivity index (χ3n) is 5.43. The molecule has 0 unspecified atom stereocenters. The number of hydrogen-bond donors (Lipinski definition) is 0. The van der Waals surface area contributed by atoms with Crippen molar-refractivity contribution in [3.63, 3.8) is 0 Å². The second-order valence-electron chi connectivity index (χ2n) is 7.60. The molecule has 5 heteroatoms. The van der Waals surface area contributed by atoms with Crippen molar-refractivity contribution < 1.29 is 22.6 Å². The lowest BCUT2D eigenvalue weighted by Crippen LogP contribution is -1.94. The zero-order chi connectivity index (χ0) is 24.1. The molecule has 0 saturated carbocycles. The van der Waals surface area contributed by atoms with Gasteiger partial charge >= 0.3 is 0 Å². The van der Waals surface area contributed by atoms with E-state index < -0.39 is 17.5 Å². The van der Waals surface area contributed by atoms with E-state index in [1.807, 2.05) is 6.08 Å². The van der Waals surface area contributed by atoms with Crippen LogP contribution in [-0.4, -0.2) is 13.7 Å². The molecular formula is C29H23F3O2. The number of halogens is 3. The van der Waals surface area contributed by atoms with Crippen LogP contribution in [0.3, 0.4) is 0 Å². The quantitative estimate of drug-likeness (QED) is 0.260. The van der Waals surface area contributed by atoms with Gasteiger partial charge in [-0.25, -0.2) is 13.2 Å². The van der Waals surface area contributed by atoms with Gasteiger partial charge in [0.05, 0.1) is 13.7 Å². The monoisotopic (exact) mass is 460 g/mol. The molecule has 0 aliphatic heterocycles. The Kier molecular flexibility index (Phi) is 7.02. The molecule has 34 heavy (non-hydrogen) atoms. The molecule has 0 bridgehead atoms. The summed E-state index contributed by atoms with van der Waals surface area (Å²) >= 11 is 0. The number of methoxy groups -OCH3 is 1. The number of benzene rings is 4. The summed E-state index contributed by atoms with van der Waals surface area (Å²) in [6.45, 7) is 2.19. The summed E-state index contributed by atoms with van der Waals surface area (Å²) in [7, 11) is 1.55. The lowest BCUT2D eigenvalue weighted by molar-refractivity contribution is 0.321. The van der Waals surface area contributed by atoms with E-state index in [-0.39, 0.29) is 16.9 Å². The second kappa shape index (κ2) is 10.3. The first kappa shape index (κ1) is 23.2. The van der Waals surface area contributed by atoms with Gasteiger partial charge < -0.3 is 9.47 Å². The van der Waals surface area contributed by atoms with E-state index in [0.29, 0.717) is 29.0 Å². The van der Waals surface area contributed by atoms with E-state index in [1.54, 1.807) is 92.9 Å². The van der Waals surface area contributed by atoms with Crippen molar-refractivity contribution in [2.45, 2.75) is 6.92 Å². The normalized spacial score (nSPS) is 11.1. The zero-order valence-corrected chi connectivity index (χ0v) is 18.8. The van der Waals surface area contributed by atoms with Crippen LogP contribution in [-0.2, 0) is 0 Å². The Bertz CT molecular complexity index is 1310. The Morgan fingerprint density at radius 3 is 1.74 bits per heavy atom. The van der Waals surface area contributed by atoms with Crippen LogP contribution in [0.4, 0.5) is 13.2 Å². The first-order valence-corrected chi connectivity index (χ1v) is 10.8. The fourth-order valence-corrected chi connectivity index (χ4v) is 3.63. The van der Waals surface area contributed by atoms with Gasteiger partial charge in [-0.15, -0.1) is 0 Å². The van der Waals surface area contributed by atoms with Gasteiger partial charge in [0.1, 0.15) is 5.75 Å². The van der Waals surface area contributed by atoms with Crippen LogP contribution in [0.5, 0.6) is 11.5 Å². The molecule has 0 aliphatic rings. The van der Waals surface area contributed by atoms with E-state index in [0.717, 1.165) is 5.56 Å². The Morgan fingerprint density at radius 2 is 1.21 bits per heavy atom. The molecule has 0 aliphatic carbocycles. The second-order valence-corrected chi connectivity index (χ2v) is 7.60. The van der Waals surface area contributed by atoms with Gasteiger partial charge in [0.15, 0.2) is 23.2 Å². The fourth-order valence-electron chi connectivity index (χ4n) is 3.63. The summed E-state index contributed by atoms with van der Waals surface area (Å²) in [5.41, 5.74) is 3.02. The first-order valence-electron chi connectivity index (χ1n) is 10.8. The Morgan fingerprint density at radius 1 is 0.676 bits per heavy atom. The van der Waals surface area contributed by atoms with E-state index in [2.05, 4.69) is 0 Å². The number of hydrogen-bond acceptors (Lipinski definition) is 2. The molecule has 0 atom stereocenters. The highest BCUT2D eigenvalue weighted by Crippen LogP contribution is 2.32. The summed E-state index contributed by atoms with van der Waals surface area (Å²) in [5, 5.41) is 0. The molecule has 0 N–H and O–H groups in total. The molecule has 4 aromatic carbocycles. The number of rotatable bonds is 7. The largest absolute Gasteiger partial charge is 0.497 e. The third-order valence-corrected chi connectivity index (χ3v) is 5.43. The average Bonchev–Trinajstić information content (AvgIpc) is 2.86. The third kappa shape index (κ3) is 4.99. The SMILES string of the molecule is CCOc1ccc(/C=C/c2ccc(-c3ccc(-c4ccc(OC)cc4)c(F)c3F)cc2)cc1F. The zero-order valence-electron chi connectivity index (χ0n) is 18.8. The van der Waals surface area contributed by atoms with Crippen LogP contribution in [0.25, 0.3) is 34.4 Å². The lowest BCUT2D eigenvalue weighted by atomic mass is 9.98. The van der Waals surface area contributed by atoms with Crippen LogP contribution in [0.15, 0.2) is 78.9 Å². The highest BCUT2D eigenvalue weighted by atomic mass is 19.2. The predicted molar refractivity (Wildman–Crippen MR) is 130 cm³/mol. The average molecular weight is 460 g/mol. The van der Waals surface area contributed by atoms with Crippen molar-refractivity contribution in [2.24, 2.45) is 0 Å². The number of ether oxygens (including phenoxy) is 2. The lowest BCUT2D eigenvalue weighted by Gasteiger charge is -2.10. The Labute approximate surface area is 196 Å². The van der Waals surface area contributed by atoms with Gasteiger partial charge in [-0.05, 0) is 53.4 Å². The summed E-state index contributed by atoms with van der Waals surface area (Å²) in [5.74, 6) is -1.36. The Balaban J connectivity index is 1.54. The fraction of sp³-hybridized carbons (Fsp3) is 0.103. The van der Waals surface area contributed by atoms with Crippen LogP contribution < -0.4 is 9.47 Å². The molecule has 2 nitrogen and oxygen atoms in total. The summed E-state index contributed by atoms with van der Waals surface area (Å²) in [4.78, 5) is 0. The molecule has 4 rings (SSSR count). The summed E-state index contributed by atoms with van der Waals surface area (Å²) in [6.07, 6.45) is 3.60. The minimum Gasteiger partial charge on any atom is -0.497 e. The van der Waals surface area contributed by atoms with Crippen molar-refractivity contribution in [1.29, 1.82) is 0 Å². The van der Waals surface area contributed by atoms with E-state index >= 15 is 0 Å². The highest BCUT2D eigenvalue weighted by Gasteiger charge is 2.16. The molecule has 0 spiro atoms. The van der Waals surface area contributed by atoms with Crippen molar-refractivity contribution in [1.82, 2.24) is 0 Å². The molecule has 0 amide bonds. The molecule has 4 aromatic rings. The molecule has 0 fully saturated rings. The topological polar surface area (TPSA) is 18.5 Å². The van der Waals surface area contributed by atoms with Crippen LogP contribution in [0.1, 0.15) is 18.1 Å².